The maximum absolute atomic E-state index is 12.5. The first-order chi connectivity index (χ1) is 14.2. The molecule has 5 rings (SSSR count). The number of nitrogens with one attached hydrogen (secondary N) is 1. The van der Waals surface area contributed by atoms with Crippen molar-refractivity contribution in [3.8, 4) is 0 Å². The molecule has 1 saturated heterocycles. The van der Waals surface area contributed by atoms with Gasteiger partial charge in [-0.05, 0) is 49.4 Å². The summed E-state index contributed by atoms with van der Waals surface area (Å²) in [4.78, 5) is 16.9. The highest BCUT2D eigenvalue weighted by molar-refractivity contribution is 5.86. The summed E-state index contributed by atoms with van der Waals surface area (Å²) in [6.07, 6.45) is 8.68. The lowest BCUT2D eigenvalue weighted by Crippen LogP contribution is -2.49. The summed E-state index contributed by atoms with van der Waals surface area (Å²) in [5.41, 5.74) is 4.65. The number of piperazine rings is 1. The summed E-state index contributed by atoms with van der Waals surface area (Å²) in [5.74, 6) is 0.178. The molecular formula is C22H28N6O. The van der Waals surface area contributed by atoms with Crippen LogP contribution in [0.25, 0.3) is 10.9 Å². The molecular weight excluding hydrogens is 364 g/mol. The standard InChI is InChI=1S/C22H28N6O/c1-2-20-19-7-6-18(13-21(19)28(25-20)17-4-3-5-17)26-8-10-27(11-9-26)22(29)12-16-14-23-24-15-16/h6-7,13-15,17H,2-5,8-12H2,1H3,(H,23,24). The molecule has 2 fully saturated rings. The smallest absolute Gasteiger partial charge is 0.227 e. The van der Waals surface area contributed by atoms with E-state index in [9.17, 15) is 4.79 Å². The molecule has 1 N–H and O–H groups in total. The molecule has 0 spiro atoms. The number of aromatic amines is 1. The largest absolute Gasteiger partial charge is 0.368 e. The fourth-order valence-electron chi connectivity index (χ4n) is 4.43. The molecule has 2 aromatic heterocycles. The van der Waals surface area contributed by atoms with Crippen LogP contribution in [-0.2, 0) is 17.6 Å². The lowest BCUT2D eigenvalue weighted by Gasteiger charge is -2.36. The van der Waals surface area contributed by atoms with Gasteiger partial charge in [0.25, 0.3) is 0 Å². The molecule has 0 atom stereocenters. The first kappa shape index (κ1) is 18.2. The molecule has 3 heterocycles. The zero-order chi connectivity index (χ0) is 19.8. The van der Waals surface area contributed by atoms with Gasteiger partial charge in [0.1, 0.15) is 0 Å². The van der Waals surface area contributed by atoms with Crippen LogP contribution < -0.4 is 4.90 Å². The Balaban J connectivity index is 1.31. The van der Waals surface area contributed by atoms with E-state index in [1.807, 2.05) is 4.90 Å². The average Bonchev–Trinajstić information content (AvgIpc) is 3.34. The SMILES string of the molecule is CCc1nn(C2CCC2)c2cc(N3CCN(C(=O)Cc4cn[nH]c4)CC3)ccc12. The normalized spacial score (nSPS) is 17.7. The van der Waals surface area contributed by atoms with Crippen LogP contribution in [0.2, 0.25) is 0 Å². The summed E-state index contributed by atoms with van der Waals surface area (Å²) in [7, 11) is 0. The van der Waals surface area contributed by atoms with Crippen molar-refractivity contribution < 1.29 is 4.79 Å². The fourth-order valence-corrected chi connectivity index (χ4v) is 4.43. The van der Waals surface area contributed by atoms with Gasteiger partial charge in [-0.25, -0.2) is 0 Å². The monoisotopic (exact) mass is 392 g/mol. The molecule has 1 aliphatic heterocycles. The van der Waals surface area contributed by atoms with E-state index < -0.39 is 0 Å². The Hall–Kier alpha value is -2.83. The van der Waals surface area contributed by atoms with Crippen LogP contribution in [0, 0.1) is 0 Å². The number of carbonyl (C=O) groups is 1. The Kier molecular flexibility index (Phi) is 4.73. The van der Waals surface area contributed by atoms with E-state index in [0.29, 0.717) is 12.5 Å². The molecule has 3 aromatic rings. The van der Waals surface area contributed by atoms with Crippen molar-refractivity contribution >= 4 is 22.5 Å². The molecule has 0 bridgehead atoms. The zero-order valence-corrected chi connectivity index (χ0v) is 17.0. The van der Waals surface area contributed by atoms with E-state index in [4.69, 9.17) is 5.10 Å². The van der Waals surface area contributed by atoms with Crippen molar-refractivity contribution in [1.29, 1.82) is 0 Å². The van der Waals surface area contributed by atoms with Crippen LogP contribution >= 0.6 is 0 Å². The van der Waals surface area contributed by atoms with Gasteiger partial charge in [-0.15, -0.1) is 0 Å². The third-order valence-electron chi connectivity index (χ3n) is 6.43. The molecule has 0 unspecified atom stereocenters. The molecule has 2 aliphatic rings. The van der Waals surface area contributed by atoms with Gasteiger partial charge in [0, 0.05) is 43.4 Å². The third-order valence-corrected chi connectivity index (χ3v) is 6.43. The van der Waals surface area contributed by atoms with Gasteiger partial charge in [-0.1, -0.05) is 6.92 Å². The molecule has 1 saturated carbocycles. The van der Waals surface area contributed by atoms with Crippen molar-refractivity contribution in [2.45, 2.75) is 45.1 Å². The summed E-state index contributed by atoms with van der Waals surface area (Å²) >= 11 is 0. The highest BCUT2D eigenvalue weighted by Gasteiger charge is 2.25. The number of anilines is 1. The van der Waals surface area contributed by atoms with E-state index in [2.05, 4.69) is 44.9 Å². The molecule has 0 radical (unpaired) electrons. The number of amides is 1. The number of fused-ring (bicyclic) bond motifs is 1. The van der Waals surface area contributed by atoms with Gasteiger partial charge >= 0.3 is 0 Å². The minimum Gasteiger partial charge on any atom is -0.368 e. The van der Waals surface area contributed by atoms with Crippen molar-refractivity contribution in [2.24, 2.45) is 0 Å². The number of hydrogen-bond acceptors (Lipinski definition) is 4. The lowest BCUT2D eigenvalue weighted by molar-refractivity contribution is -0.130. The number of hydrogen-bond donors (Lipinski definition) is 1. The summed E-state index contributed by atoms with van der Waals surface area (Å²) in [6.45, 7) is 5.43. The van der Waals surface area contributed by atoms with Crippen molar-refractivity contribution in [1.82, 2.24) is 24.9 Å². The maximum Gasteiger partial charge on any atom is 0.227 e. The molecule has 29 heavy (non-hydrogen) atoms. The lowest BCUT2D eigenvalue weighted by atomic mass is 9.93. The maximum atomic E-state index is 12.5. The van der Waals surface area contributed by atoms with Crippen LogP contribution in [0.4, 0.5) is 5.69 Å². The van der Waals surface area contributed by atoms with Gasteiger partial charge in [0.05, 0.1) is 29.9 Å². The number of benzene rings is 1. The van der Waals surface area contributed by atoms with Crippen molar-refractivity contribution in [2.75, 3.05) is 31.1 Å². The Bertz CT molecular complexity index is 996. The molecule has 7 heteroatoms. The van der Waals surface area contributed by atoms with Crippen molar-refractivity contribution in [3.05, 3.63) is 41.9 Å². The Labute approximate surface area is 170 Å². The first-order valence-corrected chi connectivity index (χ1v) is 10.7. The van der Waals surface area contributed by atoms with Crippen LogP contribution in [0.5, 0.6) is 0 Å². The molecule has 152 valence electrons. The molecule has 1 aromatic carbocycles. The first-order valence-electron chi connectivity index (χ1n) is 10.7. The van der Waals surface area contributed by atoms with E-state index in [0.717, 1.165) is 38.2 Å². The van der Waals surface area contributed by atoms with Gasteiger partial charge in [0.2, 0.25) is 5.91 Å². The van der Waals surface area contributed by atoms with Gasteiger partial charge in [0.15, 0.2) is 0 Å². The molecule has 1 aliphatic carbocycles. The predicted octanol–water partition coefficient (Wildman–Crippen LogP) is 2.94. The minimum absolute atomic E-state index is 0.178. The number of aryl methyl sites for hydroxylation is 1. The van der Waals surface area contributed by atoms with E-state index >= 15 is 0 Å². The second-order valence-electron chi connectivity index (χ2n) is 8.18. The van der Waals surface area contributed by atoms with E-state index in [-0.39, 0.29) is 5.91 Å². The fraction of sp³-hybridized carbons (Fsp3) is 0.500. The third kappa shape index (κ3) is 3.39. The highest BCUT2D eigenvalue weighted by Crippen LogP contribution is 2.36. The second kappa shape index (κ2) is 7.54. The van der Waals surface area contributed by atoms with Crippen LogP contribution in [0.1, 0.15) is 43.5 Å². The Morgan fingerprint density at radius 1 is 1.21 bits per heavy atom. The van der Waals surface area contributed by atoms with Crippen molar-refractivity contribution in [3.63, 3.8) is 0 Å². The van der Waals surface area contributed by atoms with Crippen LogP contribution in [0.3, 0.4) is 0 Å². The number of nitrogens with zero attached hydrogens (tertiary/aromatic N) is 5. The topological polar surface area (TPSA) is 70.1 Å². The highest BCUT2D eigenvalue weighted by atomic mass is 16.2. The Morgan fingerprint density at radius 2 is 2.03 bits per heavy atom. The van der Waals surface area contributed by atoms with Crippen LogP contribution in [0.15, 0.2) is 30.6 Å². The van der Waals surface area contributed by atoms with Gasteiger partial charge < -0.3 is 9.80 Å². The Morgan fingerprint density at radius 3 is 2.69 bits per heavy atom. The minimum atomic E-state index is 0.178. The zero-order valence-electron chi connectivity index (χ0n) is 17.0. The average molecular weight is 393 g/mol. The number of H-pyrrole nitrogens is 1. The summed E-state index contributed by atoms with van der Waals surface area (Å²) in [5, 5.41) is 12.9. The molecule has 7 nitrogen and oxygen atoms in total. The van der Waals surface area contributed by atoms with Gasteiger partial charge in [-0.3, -0.25) is 14.6 Å². The second-order valence-corrected chi connectivity index (χ2v) is 8.18. The molecule has 1 amide bonds. The number of rotatable bonds is 5. The van der Waals surface area contributed by atoms with Crippen LogP contribution in [-0.4, -0.2) is 57.0 Å². The predicted molar refractivity (Wildman–Crippen MR) is 113 cm³/mol. The summed E-state index contributed by atoms with van der Waals surface area (Å²) < 4.78 is 2.27. The number of aromatic nitrogens is 4. The van der Waals surface area contributed by atoms with Gasteiger partial charge in [-0.2, -0.15) is 10.2 Å². The van der Waals surface area contributed by atoms with E-state index in [1.54, 1.807) is 12.4 Å². The van der Waals surface area contributed by atoms with E-state index in [1.165, 1.54) is 41.5 Å². The summed E-state index contributed by atoms with van der Waals surface area (Å²) in [6, 6.07) is 7.33. The quantitative estimate of drug-likeness (QED) is 0.725. The number of carbonyl (C=O) groups excluding carboxylic acids is 1.